The van der Waals surface area contributed by atoms with Crippen LogP contribution in [0.25, 0.3) is 0 Å². The van der Waals surface area contributed by atoms with Gasteiger partial charge in [-0.15, -0.1) is 0 Å². The number of morpholine rings is 1. The van der Waals surface area contributed by atoms with E-state index in [1.165, 1.54) is 0 Å². The predicted molar refractivity (Wildman–Crippen MR) is 82.2 cm³/mol. The van der Waals surface area contributed by atoms with Crippen molar-refractivity contribution in [3.8, 4) is 0 Å². The number of hydrogen-bond acceptors (Lipinski definition) is 4. The summed E-state index contributed by atoms with van der Waals surface area (Å²) in [5.74, 6) is -0.0684. The molecule has 0 spiro atoms. The van der Waals surface area contributed by atoms with E-state index in [0.29, 0.717) is 26.2 Å². The van der Waals surface area contributed by atoms with Gasteiger partial charge in [0, 0.05) is 32.0 Å². The minimum Gasteiger partial charge on any atom is -0.366 e. The van der Waals surface area contributed by atoms with E-state index in [-0.39, 0.29) is 5.91 Å². The molecule has 1 aliphatic rings. The van der Waals surface area contributed by atoms with E-state index < -0.39 is 6.10 Å². The minimum atomic E-state index is -0.396. The van der Waals surface area contributed by atoms with Gasteiger partial charge in [0.2, 0.25) is 0 Å². The zero-order valence-electron chi connectivity index (χ0n) is 12.4. The standard InChI is InChI=1S/C16H20N4O2/c21-16(15-11-17-7-9-22-15)18-10-13-4-1-2-5-14(13)12-20-8-3-6-19-20/h1-6,8,15,17H,7,9-12H2,(H,18,21)/t15-/m0/s1. The van der Waals surface area contributed by atoms with Crippen molar-refractivity contribution < 1.29 is 9.53 Å². The van der Waals surface area contributed by atoms with Crippen LogP contribution in [0.1, 0.15) is 11.1 Å². The Hall–Kier alpha value is -2.18. The monoisotopic (exact) mass is 300 g/mol. The summed E-state index contributed by atoms with van der Waals surface area (Å²) in [7, 11) is 0. The fourth-order valence-electron chi connectivity index (χ4n) is 2.48. The zero-order valence-corrected chi connectivity index (χ0v) is 12.4. The molecule has 1 amide bonds. The number of carbonyl (C=O) groups is 1. The number of hydrogen-bond donors (Lipinski definition) is 2. The van der Waals surface area contributed by atoms with Gasteiger partial charge in [0.25, 0.3) is 5.91 Å². The number of carbonyl (C=O) groups excluding carboxylic acids is 1. The van der Waals surface area contributed by atoms with Crippen LogP contribution in [0.2, 0.25) is 0 Å². The Morgan fingerprint density at radius 3 is 2.95 bits per heavy atom. The van der Waals surface area contributed by atoms with Gasteiger partial charge in [0.15, 0.2) is 0 Å². The molecule has 1 fully saturated rings. The molecule has 3 rings (SSSR count). The number of nitrogens with one attached hydrogen (secondary N) is 2. The first-order chi connectivity index (χ1) is 10.8. The molecule has 1 aliphatic heterocycles. The lowest BCUT2D eigenvalue weighted by Gasteiger charge is -2.23. The Morgan fingerprint density at radius 2 is 2.23 bits per heavy atom. The summed E-state index contributed by atoms with van der Waals surface area (Å²) in [4.78, 5) is 12.1. The first-order valence-corrected chi connectivity index (χ1v) is 7.47. The highest BCUT2D eigenvalue weighted by molar-refractivity contribution is 5.81. The van der Waals surface area contributed by atoms with E-state index >= 15 is 0 Å². The first-order valence-electron chi connectivity index (χ1n) is 7.47. The molecule has 2 N–H and O–H groups in total. The third-order valence-corrected chi connectivity index (χ3v) is 3.68. The van der Waals surface area contributed by atoms with Crippen molar-refractivity contribution >= 4 is 5.91 Å². The SMILES string of the molecule is O=C(NCc1ccccc1Cn1cccn1)[C@@H]1CNCCO1. The highest BCUT2D eigenvalue weighted by Crippen LogP contribution is 2.10. The normalized spacial score (nSPS) is 18.1. The van der Waals surface area contributed by atoms with Gasteiger partial charge < -0.3 is 15.4 Å². The van der Waals surface area contributed by atoms with Crippen molar-refractivity contribution in [1.29, 1.82) is 0 Å². The van der Waals surface area contributed by atoms with Gasteiger partial charge in [-0.3, -0.25) is 9.48 Å². The van der Waals surface area contributed by atoms with Crippen molar-refractivity contribution in [2.24, 2.45) is 0 Å². The van der Waals surface area contributed by atoms with Gasteiger partial charge in [0.05, 0.1) is 13.2 Å². The maximum Gasteiger partial charge on any atom is 0.250 e. The molecule has 22 heavy (non-hydrogen) atoms. The Bertz CT molecular complexity index is 606. The van der Waals surface area contributed by atoms with Crippen molar-refractivity contribution in [3.63, 3.8) is 0 Å². The van der Waals surface area contributed by atoms with Crippen molar-refractivity contribution in [1.82, 2.24) is 20.4 Å². The summed E-state index contributed by atoms with van der Waals surface area (Å²) in [5, 5.41) is 10.3. The van der Waals surface area contributed by atoms with Gasteiger partial charge in [-0.2, -0.15) is 5.10 Å². The quantitative estimate of drug-likeness (QED) is 0.845. The third kappa shape index (κ3) is 3.72. The van der Waals surface area contributed by atoms with E-state index in [1.54, 1.807) is 6.20 Å². The Balaban J connectivity index is 1.61. The van der Waals surface area contributed by atoms with E-state index in [9.17, 15) is 4.79 Å². The van der Waals surface area contributed by atoms with Crippen LogP contribution in [0, 0.1) is 0 Å². The lowest BCUT2D eigenvalue weighted by Crippen LogP contribution is -2.47. The number of amides is 1. The molecule has 0 aliphatic carbocycles. The van der Waals surface area contributed by atoms with Crippen LogP contribution in [0.4, 0.5) is 0 Å². The van der Waals surface area contributed by atoms with E-state index in [1.807, 2.05) is 35.1 Å². The fraction of sp³-hybridized carbons (Fsp3) is 0.375. The first kappa shape index (κ1) is 14.7. The smallest absolute Gasteiger partial charge is 0.250 e. The van der Waals surface area contributed by atoms with Crippen LogP contribution < -0.4 is 10.6 Å². The van der Waals surface area contributed by atoms with Crippen molar-refractivity contribution in [3.05, 3.63) is 53.9 Å². The number of aromatic nitrogens is 2. The van der Waals surface area contributed by atoms with Gasteiger partial charge in [-0.1, -0.05) is 24.3 Å². The minimum absolute atomic E-state index is 0.0684. The summed E-state index contributed by atoms with van der Waals surface area (Å²) >= 11 is 0. The zero-order chi connectivity index (χ0) is 15.2. The van der Waals surface area contributed by atoms with E-state index in [4.69, 9.17) is 4.74 Å². The highest BCUT2D eigenvalue weighted by Gasteiger charge is 2.21. The largest absolute Gasteiger partial charge is 0.366 e. The molecule has 6 nitrogen and oxygen atoms in total. The summed E-state index contributed by atoms with van der Waals surface area (Å²) in [6.45, 7) is 3.14. The molecule has 2 aromatic rings. The van der Waals surface area contributed by atoms with Crippen LogP contribution >= 0.6 is 0 Å². The Labute approximate surface area is 129 Å². The second-order valence-electron chi connectivity index (χ2n) is 5.25. The molecule has 1 atom stereocenters. The summed E-state index contributed by atoms with van der Waals surface area (Å²) in [6.07, 6.45) is 3.29. The predicted octanol–water partition coefficient (Wildman–Crippen LogP) is 0.536. The Morgan fingerprint density at radius 1 is 1.36 bits per heavy atom. The molecule has 0 bridgehead atoms. The van der Waals surface area contributed by atoms with E-state index in [2.05, 4.69) is 21.8 Å². The third-order valence-electron chi connectivity index (χ3n) is 3.68. The highest BCUT2D eigenvalue weighted by atomic mass is 16.5. The van der Waals surface area contributed by atoms with Crippen LogP contribution in [0.5, 0.6) is 0 Å². The molecule has 1 aromatic carbocycles. The second kappa shape index (κ2) is 7.20. The molecular weight excluding hydrogens is 280 g/mol. The van der Waals surface area contributed by atoms with Gasteiger partial charge >= 0.3 is 0 Å². The number of nitrogens with zero attached hydrogens (tertiary/aromatic N) is 2. The summed E-state index contributed by atoms with van der Waals surface area (Å²) < 4.78 is 7.32. The van der Waals surface area contributed by atoms with Gasteiger partial charge in [0.1, 0.15) is 6.10 Å². The van der Waals surface area contributed by atoms with Crippen molar-refractivity contribution in [2.75, 3.05) is 19.7 Å². The van der Waals surface area contributed by atoms with Gasteiger partial charge in [-0.05, 0) is 17.2 Å². The molecule has 0 radical (unpaired) electrons. The van der Waals surface area contributed by atoms with Crippen LogP contribution in [-0.4, -0.2) is 41.5 Å². The summed E-state index contributed by atoms with van der Waals surface area (Å²) in [5.41, 5.74) is 2.24. The second-order valence-corrected chi connectivity index (χ2v) is 5.25. The lowest BCUT2D eigenvalue weighted by atomic mass is 10.1. The molecule has 6 heteroatoms. The van der Waals surface area contributed by atoms with E-state index in [0.717, 1.165) is 17.7 Å². The number of ether oxygens (including phenoxy) is 1. The maximum absolute atomic E-state index is 12.1. The number of benzene rings is 1. The average molecular weight is 300 g/mol. The molecule has 1 saturated heterocycles. The van der Waals surface area contributed by atoms with Crippen LogP contribution in [0.15, 0.2) is 42.7 Å². The number of rotatable bonds is 5. The fourth-order valence-corrected chi connectivity index (χ4v) is 2.48. The Kier molecular flexibility index (Phi) is 4.82. The van der Waals surface area contributed by atoms with Gasteiger partial charge in [-0.25, -0.2) is 0 Å². The molecule has 2 heterocycles. The topological polar surface area (TPSA) is 68.2 Å². The van der Waals surface area contributed by atoms with Crippen LogP contribution in [-0.2, 0) is 22.6 Å². The molecular formula is C16H20N4O2. The lowest BCUT2D eigenvalue weighted by molar-refractivity contribution is -0.134. The molecule has 1 aromatic heterocycles. The molecule has 116 valence electrons. The maximum atomic E-state index is 12.1. The molecule has 0 unspecified atom stereocenters. The summed E-state index contributed by atoms with van der Waals surface area (Å²) in [6, 6.07) is 9.96. The molecule has 0 saturated carbocycles. The average Bonchev–Trinajstić information content (AvgIpc) is 3.07. The van der Waals surface area contributed by atoms with Crippen LogP contribution in [0.3, 0.4) is 0 Å². The van der Waals surface area contributed by atoms with Crippen molar-refractivity contribution in [2.45, 2.75) is 19.2 Å².